The molecule has 156 valence electrons. The maximum atomic E-state index is 12.5. The van der Waals surface area contributed by atoms with Crippen LogP contribution in [0.5, 0.6) is 5.75 Å². The highest BCUT2D eigenvalue weighted by atomic mass is 35.5. The molecule has 3 rings (SSSR count). The second-order valence-electron chi connectivity index (χ2n) is 6.72. The van der Waals surface area contributed by atoms with Crippen molar-refractivity contribution in [2.24, 2.45) is 0 Å². The zero-order valence-electron chi connectivity index (χ0n) is 16.5. The van der Waals surface area contributed by atoms with Crippen LogP contribution in [-0.2, 0) is 14.8 Å². The van der Waals surface area contributed by atoms with Crippen LogP contribution in [0.1, 0.15) is 11.1 Å². The molecule has 0 atom stereocenters. The van der Waals surface area contributed by atoms with Crippen molar-refractivity contribution >= 4 is 38.9 Å². The van der Waals surface area contributed by atoms with Crippen molar-refractivity contribution in [3.05, 3.63) is 82.9 Å². The van der Waals surface area contributed by atoms with Gasteiger partial charge in [0.25, 0.3) is 15.9 Å². The number of nitrogens with one attached hydrogen (secondary N) is 2. The summed E-state index contributed by atoms with van der Waals surface area (Å²) in [6.45, 7) is 3.82. The maximum absolute atomic E-state index is 12.5. The predicted molar refractivity (Wildman–Crippen MR) is 119 cm³/mol. The first-order chi connectivity index (χ1) is 14.2. The van der Waals surface area contributed by atoms with Gasteiger partial charge in [-0.15, -0.1) is 0 Å². The molecule has 0 saturated heterocycles. The minimum absolute atomic E-state index is 0.0711. The number of anilines is 2. The SMILES string of the molecule is Cc1ccc(OCC(=O)Nc2ccc(S(=O)(=O)Nc3ccc(Cl)cc3)cc2)cc1C. The molecule has 30 heavy (non-hydrogen) atoms. The number of halogens is 1. The van der Waals surface area contributed by atoms with Gasteiger partial charge in [0.05, 0.1) is 4.90 Å². The Balaban J connectivity index is 1.58. The standard InChI is InChI=1S/C22H21ClN2O4S/c1-15-3-10-20(13-16(15)2)29-14-22(26)24-18-8-11-21(12-9-18)30(27,28)25-19-6-4-17(23)5-7-19/h3-13,25H,14H2,1-2H3,(H,24,26). The zero-order valence-corrected chi connectivity index (χ0v) is 18.0. The van der Waals surface area contributed by atoms with Gasteiger partial charge in [0.1, 0.15) is 5.75 Å². The molecular weight excluding hydrogens is 424 g/mol. The minimum Gasteiger partial charge on any atom is -0.484 e. The van der Waals surface area contributed by atoms with E-state index in [4.69, 9.17) is 16.3 Å². The molecule has 0 saturated carbocycles. The minimum atomic E-state index is -3.76. The molecule has 3 aromatic carbocycles. The lowest BCUT2D eigenvalue weighted by Gasteiger charge is -2.11. The van der Waals surface area contributed by atoms with Gasteiger partial charge in [0.15, 0.2) is 6.61 Å². The van der Waals surface area contributed by atoms with Crippen molar-refractivity contribution in [3.63, 3.8) is 0 Å². The van der Waals surface area contributed by atoms with Crippen molar-refractivity contribution in [2.45, 2.75) is 18.7 Å². The van der Waals surface area contributed by atoms with Crippen LogP contribution in [0.25, 0.3) is 0 Å². The van der Waals surface area contributed by atoms with Crippen molar-refractivity contribution in [3.8, 4) is 5.75 Å². The van der Waals surface area contributed by atoms with Gasteiger partial charge < -0.3 is 10.1 Å². The van der Waals surface area contributed by atoms with Crippen LogP contribution in [0.15, 0.2) is 71.6 Å². The summed E-state index contributed by atoms with van der Waals surface area (Å²) in [7, 11) is -3.76. The van der Waals surface area contributed by atoms with Crippen molar-refractivity contribution < 1.29 is 17.9 Å². The number of carbonyl (C=O) groups excluding carboxylic acids is 1. The predicted octanol–water partition coefficient (Wildman–Crippen LogP) is 4.78. The Bertz CT molecular complexity index is 1140. The van der Waals surface area contributed by atoms with Gasteiger partial charge in [-0.3, -0.25) is 9.52 Å². The Morgan fingerprint density at radius 1 is 0.900 bits per heavy atom. The van der Waals surface area contributed by atoms with Crippen LogP contribution in [0, 0.1) is 13.8 Å². The smallest absolute Gasteiger partial charge is 0.262 e. The number of ether oxygens (including phenoxy) is 1. The number of amides is 1. The quantitative estimate of drug-likeness (QED) is 0.549. The van der Waals surface area contributed by atoms with Crippen molar-refractivity contribution in [1.82, 2.24) is 0 Å². The lowest BCUT2D eigenvalue weighted by molar-refractivity contribution is -0.118. The van der Waals surface area contributed by atoms with Gasteiger partial charge in [-0.05, 0) is 85.6 Å². The third-order valence-electron chi connectivity index (χ3n) is 4.39. The maximum Gasteiger partial charge on any atom is 0.262 e. The first-order valence-corrected chi connectivity index (χ1v) is 11.0. The molecule has 0 aliphatic heterocycles. The molecule has 0 bridgehead atoms. The van der Waals surface area contributed by atoms with Crippen LogP contribution < -0.4 is 14.8 Å². The van der Waals surface area contributed by atoms with Gasteiger partial charge >= 0.3 is 0 Å². The summed E-state index contributed by atoms with van der Waals surface area (Å²) in [6, 6.07) is 17.8. The Hall–Kier alpha value is -3.03. The number of benzene rings is 3. The fraction of sp³-hybridized carbons (Fsp3) is 0.136. The van der Waals surface area contributed by atoms with E-state index in [1.165, 1.54) is 24.3 Å². The molecule has 0 unspecified atom stereocenters. The number of hydrogen-bond acceptors (Lipinski definition) is 4. The van der Waals surface area contributed by atoms with Crippen LogP contribution in [-0.4, -0.2) is 20.9 Å². The normalized spacial score (nSPS) is 11.0. The van der Waals surface area contributed by atoms with E-state index in [1.807, 2.05) is 32.0 Å². The van der Waals surface area contributed by atoms with Crippen molar-refractivity contribution in [1.29, 1.82) is 0 Å². The van der Waals surface area contributed by atoms with Gasteiger partial charge in [0, 0.05) is 16.4 Å². The van der Waals surface area contributed by atoms with Crippen molar-refractivity contribution in [2.75, 3.05) is 16.6 Å². The molecular formula is C22H21ClN2O4S. The molecule has 8 heteroatoms. The first kappa shape index (κ1) is 21.7. The Morgan fingerprint density at radius 3 is 2.17 bits per heavy atom. The Kier molecular flexibility index (Phi) is 6.64. The van der Waals surface area contributed by atoms with Crippen LogP contribution in [0.3, 0.4) is 0 Å². The van der Waals surface area contributed by atoms with E-state index in [0.717, 1.165) is 11.1 Å². The number of carbonyl (C=O) groups is 1. The molecule has 1 amide bonds. The summed E-state index contributed by atoms with van der Waals surface area (Å²) in [5.74, 6) is 0.270. The number of hydrogen-bond donors (Lipinski definition) is 2. The van der Waals surface area contributed by atoms with E-state index in [-0.39, 0.29) is 17.4 Å². The second kappa shape index (κ2) is 9.19. The molecule has 3 aromatic rings. The van der Waals surface area contributed by atoms with E-state index in [2.05, 4.69) is 10.0 Å². The zero-order chi connectivity index (χ0) is 21.7. The number of aryl methyl sites for hydroxylation is 2. The molecule has 0 aromatic heterocycles. The average Bonchev–Trinajstić information content (AvgIpc) is 2.71. The molecule has 2 N–H and O–H groups in total. The highest BCUT2D eigenvalue weighted by Crippen LogP contribution is 2.20. The van der Waals surface area contributed by atoms with E-state index in [9.17, 15) is 13.2 Å². The van der Waals surface area contributed by atoms with Crippen LogP contribution in [0.4, 0.5) is 11.4 Å². The molecule has 6 nitrogen and oxygen atoms in total. The topological polar surface area (TPSA) is 84.5 Å². The summed E-state index contributed by atoms with van der Waals surface area (Å²) < 4.78 is 32.9. The second-order valence-corrected chi connectivity index (χ2v) is 8.84. The molecule has 0 fully saturated rings. The molecule has 0 aliphatic carbocycles. The number of rotatable bonds is 7. The highest BCUT2D eigenvalue weighted by molar-refractivity contribution is 7.92. The van der Waals surface area contributed by atoms with E-state index >= 15 is 0 Å². The summed E-state index contributed by atoms with van der Waals surface area (Å²) in [6.07, 6.45) is 0. The van der Waals surface area contributed by atoms with Gasteiger partial charge in [-0.1, -0.05) is 17.7 Å². The Morgan fingerprint density at radius 2 is 1.53 bits per heavy atom. The van der Waals surface area contributed by atoms with Crippen LogP contribution in [0.2, 0.25) is 5.02 Å². The van der Waals surface area contributed by atoms with E-state index < -0.39 is 10.0 Å². The van der Waals surface area contributed by atoms with E-state index in [1.54, 1.807) is 24.3 Å². The fourth-order valence-corrected chi connectivity index (χ4v) is 3.78. The molecule has 0 heterocycles. The monoisotopic (exact) mass is 444 g/mol. The summed E-state index contributed by atoms with van der Waals surface area (Å²) >= 11 is 5.81. The average molecular weight is 445 g/mol. The summed E-state index contributed by atoms with van der Waals surface area (Å²) in [4.78, 5) is 12.2. The lowest BCUT2D eigenvalue weighted by Crippen LogP contribution is -2.20. The summed E-state index contributed by atoms with van der Waals surface area (Å²) in [5, 5.41) is 3.19. The molecule has 0 spiro atoms. The first-order valence-electron chi connectivity index (χ1n) is 9.11. The van der Waals surface area contributed by atoms with Gasteiger partial charge in [-0.2, -0.15) is 0 Å². The Labute approximate surface area is 180 Å². The molecule has 0 radical (unpaired) electrons. The van der Waals surface area contributed by atoms with Gasteiger partial charge in [0.2, 0.25) is 0 Å². The lowest BCUT2D eigenvalue weighted by atomic mass is 10.1. The third-order valence-corrected chi connectivity index (χ3v) is 6.04. The molecule has 0 aliphatic rings. The summed E-state index contributed by atoms with van der Waals surface area (Å²) in [5.41, 5.74) is 3.10. The highest BCUT2D eigenvalue weighted by Gasteiger charge is 2.14. The third kappa shape index (κ3) is 5.75. The fourth-order valence-electron chi connectivity index (χ4n) is 2.60. The van der Waals surface area contributed by atoms with Crippen LogP contribution >= 0.6 is 11.6 Å². The van der Waals surface area contributed by atoms with Gasteiger partial charge in [-0.25, -0.2) is 8.42 Å². The number of sulfonamides is 1. The van der Waals surface area contributed by atoms with E-state index in [0.29, 0.717) is 22.1 Å². The largest absolute Gasteiger partial charge is 0.484 e.